The lowest BCUT2D eigenvalue weighted by molar-refractivity contribution is 0.462. The zero-order valence-electron chi connectivity index (χ0n) is 18.6. The minimum Gasteiger partial charge on any atom is -0.247 e. The van der Waals surface area contributed by atoms with Gasteiger partial charge in [0.05, 0.1) is 11.4 Å². The van der Waals surface area contributed by atoms with Crippen molar-refractivity contribution in [2.24, 2.45) is 0 Å². The molecule has 2 heterocycles. The smallest absolute Gasteiger partial charge is 0.133 e. The topological polar surface area (TPSA) is 35.6 Å². The maximum Gasteiger partial charge on any atom is 0.133 e. The van der Waals surface area contributed by atoms with E-state index in [1.807, 2.05) is 0 Å². The molecule has 0 atom stereocenters. The fraction of sp³-hybridized carbons (Fsp3) is 0.739. The van der Waals surface area contributed by atoms with E-state index in [1.54, 1.807) is 0 Å². The quantitative estimate of drug-likeness (QED) is 0.492. The van der Waals surface area contributed by atoms with Gasteiger partial charge in [0.1, 0.15) is 6.67 Å². The number of aryl methyl sites for hydroxylation is 2. The van der Waals surface area contributed by atoms with Crippen LogP contribution in [0.4, 0.5) is 0 Å². The van der Waals surface area contributed by atoms with Crippen LogP contribution in [0.25, 0.3) is 0 Å². The lowest BCUT2D eigenvalue weighted by Gasteiger charge is -2.12. The predicted molar refractivity (Wildman–Crippen MR) is 115 cm³/mol. The van der Waals surface area contributed by atoms with Crippen molar-refractivity contribution in [2.45, 2.75) is 112 Å². The fourth-order valence-electron chi connectivity index (χ4n) is 4.26. The first-order chi connectivity index (χ1) is 13.1. The molecule has 0 unspecified atom stereocenters. The van der Waals surface area contributed by atoms with Crippen LogP contribution >= 0.6 is 0 Å². The van der Waals surface area contributed by atoms with Crippen molar-refractivity contribution in [1.29, 1.82) is 0 Å². The maximum atomic E-state index is 5.05. The van der Waals surface area contributed by atoms with E-state index >= 15 is 0 Å². The van der Waals surface area contributed by atoms with E-state index in [4.69, 9.17) is 10.2 Å². The Bertz CT molecular complexity index is 648. The van der Waals surface area contributed by atoms with E-state index in [-0.39, 0.29) is 0 Å². The number of rotatable bonds is 12. The lowest BCUT2D eigenvalue weighted by Crippen LogP contribution is -2.17. The van der Waals surface area contributed by atoms with E-state index in [0.717, 1.165) is 70.9 Å². The van der Waals surface area contributed by atoms with E-state index in [1.165, 1.54) is 33.9 Å². The van der Waals surface area contributed by atoms with Crippen LogP contribution in [-0.2, 0) is 45.2 Å². The monoisotopic (exact) mass is 372 g/mol. The molecule has 152 valence electrons. The largest absolute Gasteiger partial charge is 0.247 e. The first-order valence-corrected chi connectivity index (χ1v) is 11.3. The highest BCUT2D eigenvalue weighted by molar-refractivity contribution is 5.29. The molecule has 0 fully saturated rings. The molecule has 0 aromatic carbocycles. The van der Waals surface area contributed by atoms with Gasteiger partial charge >= 0.3 is 0 Å². The number of hydrogen-bond acceptors (Lipinski definition) is 2. The standard InChI is InChI=1S/C23H40N4/c1-7-13-20-18(11-5)22(15-9-3)26(24-20)17-27-23(16-10-4)19(12-6)21(25-27)14-8-2/h7-17H2,1-6H3. The van der Waals surface area contributed by atoms with Gasteiger partial charge in [-0.3, -0.25) is 0 Å². The minimum atomic E-state index is 0.762. The molecule has 2 aromatic heterocycles. The molecule has 0 aliphatic heterocycles. The molecular weight excluding hydrogens is 332 g/mol. The van der Waals surface area contributed by atoms with Crippen LogP contribution in [0.2, 0.25) is 0 Å². The maximum absolute atomic E-state index is 5.05. The Morgan fingerprint density at radius 1 is 0.556 bits per heavy atom. The molecular formula is C23H40N4. The first-order valence-electron chi connectivity index (χ1n) is 11.3. The molecule has 0 amide bonds. The van der Waals surface area contributed by atoms with Gasteiger partial charge in [-0.1, -0.05) is 67.2 Å². The SMILES string of the molecule is CCCc1nn(Cn2nc(CCC)c(CC)c2CCC)c(CCC)c1CC. The Hall–Kier alpha value is -1.58. The van der Waals surface area contributed by atoms with Crippen LogP contribution in [0.15, 0.2) is 0 Å². The van der Waals surface area contributed by atoms with Gasteiger partial charge in [0.25, 0.3) is 0 Å². The van der Waals surface area contributed by atoms with Crippen molar-refractivity contribution in [3.63, 3.8) is 0 Å². The summed E-state index contributed by atoms with van der Waals surface area (Å²) in [5.41, 5.74) is 8.42. The molecule has 0 N–H and O–H groups in total. The molecule has 0 spiro atoms. The molecule has 0 aliphatic carbocycles. The van der Waals surface area contributed by atoms with Gasteiger partial charge in [0.2, 0.25) is 0 Å². The van der Waals surface area contributed by atoms with Gasteiger partial charge in [-0.2, -0.15) is 10.2 Å². The van der Waals surface area contributed by atoms with Crippen LogP contribution in [0.5, 0.6) is 0 Å². The van der Waals surface area contributed by atoms with E-state index in [2.05, 4.69) is 50.9 Å². The summed E-state index contributed by atoms with van der Waals surface area (Å²) < 4.78 is 4.52. The molecule has 0 saturated heterocycles. The molecule has 2 aromatic rings. The third-order valence-electron chi connectivity index (χ3n) is 5.42. The van der Waals surface area contributed by atoms with Crippen molar-refractivity contribution in [2.75, 3.05) is 0 Å². The highest BCUT2D eigenvalue weighted by Gasteiger charge is 2.19. The van der Waals surface area contributed by atoms with E-state index in [9.17, 15) is 0 Å². The average Bonchev–Trinajstić information content (AvgIpc) is 3.14. The van der Waals surface area contributed by atoms with Crippen molar-refractivity contribution < 1.29 is 0 Å². The molecule has 0 aliphatic rings. The van der Waals surface area contributed by atoms with Gasteiger partial charge < -0.3 is 0 Å². The molecule has 0 radical (unpaired) electrons. The summed E-state index contributed by atoms with van der Waals surface area (Å²) in [6.45, 7) is 14.3. The van der Waals surface area contributed by atoms with Gasteiger partial charge in [0.15, 0.2) is 0 Å². The van der Waals surface area contributed by atoms with E-state index < -0.39 is 0 Å². The number of nitrogens with zero attached hydrogens (tertiary/aromatic N) is 4. The molecule has 4 nitrogen and oxygen atoms in total. The summed E-state index contributed by atoms with van der Waals surface area (Å²) in [6.07, 6.45) is 11.1. The van der Waals surface area contributed by atoms with Crippen molar-refractivity contribution in [1.82, 2.24) is 19.6 Å². The Kier molecular flexibility index (Phi) is 8.59. The third-order valence-corrected chi connectivity index (χ3v) is 5.42. The Labute approximate surface area is 166 Å². The normalized spacial score (nSPS) is 11.5. The first kappa shape index (κ1) is 21.7. The Morgan fingerprint density at radius 3 is 1.22 bits per heavy atom. The van der Waals surface area contributed by atoms with Crippen molar-refractivity contribution in [3.8, 4) is 0 Å². The summed E-state index contributed by atoms with van der Waals surface area (Å²) in [4.78, 5) is 0. The zero-order valence-corrected chi connectivity index (χ0v) is 18.6. The zero-order chi connectivity index (χ0) is 19.8. The molecule has 4 heteroatoms. The molecule has 27 heavy (non-hydrogen) atoms. The minimum absolute atomic E-state index is 0.762. The van der Waals surface area contributed by atoms with Crippen LogP contribution in [0.3, 0.4) is 0 Å². The second-order valence-electron chi connectivity index (χ2n) is 7.59. The molecule has 0 bridgehead atoms. The third kappa shape index (κ3) is 4.83. The second kappa shape index (κ2) is 10.7. The summed E-state index contributed by atoms with van der Waals surface area (Å²) in [7, 11) is 0. The van der Waals surface area contributed by atoms with Crippen LogP contribution in [0.1, 0.15) is 101 Å². The van der Waals surface area contributed by atoms with Gasteiger partial charge in [-0.05, 0) is 49.7 Å². The second-order valence-corrected chi connectivity index (χ2v) is 7.59. The highest BCUT2D eigenvalue weighted by atomic mass is 15.4. The fourth-order valence-corrected chi connectivity index (χ4v) is 4.26. The van der Waals surface area contributed by atoms with Gasteiger partial charge in [-0.15, -0.1) is 0 Å². The average molecular weight is 373 g/mol. The molecule has 0 saturated carbocycles. The van der Waals surface area contributed by atoms with E-state index in [0.29, 0.717) is 0 Å². The van der Waals surface area contributed by atoms with Crippen molar-refractivity contribution in [3.05, 3.63) is 33.9 Å². The summed E-state index contributed by atoms with van der Waals surface area (Å²) in [6, 6.07) is 0. The van der Waals surface area contributed by atoms with Crippen LogP contribution in [-0.4, -0.2) is 19.6 Å². The van der Waals surface area contributed by atoms with Crippen LogP contribution in [0, 0.1) is 0 Å². The summed E-state index contributed by atoms with van der Waals surface area (Å²) >= 11 is 0. The Balaban J connectivity index is 2.48. The Morgan fingerprint density at radius 2 is 0.926 bits per heavy atom. The number of aromatic nitrogens is 4. The highest BCUT2D eigenvalue weighted by Crippen LogP contribution is 2.22. The lowest BCUT2D eigenvalue weighted by atomic mass is 10.0. The van der Waals surface area contributed by atoms with Crippen LogP contribution < -0.4 is 0 Å². The number of hydrogen-bond donors (Lipinski definition) is 0. The molecule has 2 rings (SSSR count). The summed E-state index contributed by atoms with van der Waals surface area (Å²) in [5.74, 6) is 0. The van der Waals surface area contributed by atoms with Crippen molar-refractivity contribution >= 4 is 0 Å². The predicted octanol–water partition coefficient (Wildman–Crippen LogP) is 5.52. The van der Waals surface area contributed by atoms with Gasteiger partial charge in [-0.25, -0.2) is 9.36 Å². The summed E-state index contributed by atoms with van der Waals surface area (Å²) in [5, 5.41) is 10.1. The van der Waals surface area contributed by atoms with Gasteiger partial charge in [0, 0.05) is 11.4 Å².